The molecule has 0 amide bonds. The van der Waals surface area contributed by atoms with Crippen molar-refractivity contribution in [2.24, 2.45) is 0 Å². The second kappa shape index (κ2) is 8.23. The van der Waals surface area contributed by atoms with E-state index in [9.17, 15) is 0 Å². The molecule has 0 aliphatic carbocycles. The van der Waals surface area contributed by atoms with Gasteiger partial charge in [-0.05, 0) is 58.3 Å². The number of hydrogen-bond acceptors (Lipinski definition) is 3. The fourth-order valence-electron chi connectivity index (χ4n) is 3.65. The van der Waals surface area contributed by atoms with Crippen LogP contribution in [0, 0.1) is 0 Å². The van der Waals surface area contributed by atoms with E-state index in [0.29, 0.717) is 6.04 Å². The summed E-state index contributed by atoms with van der Waals surface area (Å²) < 4.78 is 0. The van der Waals surface area contributed by atoms with Gasteiger partial charge in [-0.3, -0.25) is 4.90 Å². The molecule has 0 spiro atoms. The quantitative estimate of drug-likeness (QED) is 0.728. The van der Waals surface area contributed by atoms with Gasteiger partial charge < -0.3 is 10.2 Å². The van der Waals surface area contributed by atoms with Crippen molar-refractivity contribution < 1.29 is 0 Å². The van der Waals surface area contributed by atoms with Crippen molar-refractivity contribution in [1.29, 1.82) is 0 Å². The van der Waals surface area contributed by atoms with E-state index >= 15 is 0 Å². The zero-order valence-corrected chi connectivity index (χ0v) is 13.0. The van der Waals surface area contributed by atoms with E-state index < -0.39 is 0 Å². The van der Waals surface area contributed by atoms with Crippen molar-refractivity contribution in [2.45, 2.75) is 64.5 Å². The minimum absolute atomic E-state index is 0.710. The number of nitrogens with one attached hydrogen (secondary N) is 1. The number of likely N-dealkylation sites (tertiary alicyclic amines) is 2. The highest BCUT2D eigenvalue weighted by Crippen LogP contribution is 2.20. The molecule has 19 heavy (non-hydrogen) atoms. The summed E-state index contributed by atoms with van der Waals surface area (Å²) >= 11 is 0. The first-order valence-corrected chi connectivity index (χ1v) is 8.53. The smallest absolute Gasteiger partial charge is 0.0235 e. The monoisotopic (exact) mass is 267 g/mol. The average Bonchev–Trinajstić information content (AvgIpc) is 3.06. The maximum Gasteiger partial charge on any atom is 0.0235 e. The summed E-state index contributed by atoms with van der Waals surface area (Å²) in [4.78, 5) is 5.43. The lowest BCUT2D eigenvalue weighted by Gasteiger charge is -2.26. The fourth-order valence-corrected chi connectivity index (χ4v) is 3.65. The zero-order chi connectivity index (χ0) is 13.5. The van der Waals surface area contributed by atoms with Gasteiger partial charge in [0.25, 0.3) is 0 Å². The summed E-state index contributed by atoms with van der Waals surface area (Å²) in [5.41, 5.74) is 0. The van der Waals surface area contributed by atoms with Crippen molar-refractivity contribution in [3.8, 4) is 0 Å². The summed E-state index contributed by atoms with van der Waals surface area (Å²) in [6, 6.07) is 1.57. The van der Waals surface area contributed by atoms with E-state index in [1.54, 1.807) is 0 Å². The normalized spacial score (nSPS) is 27.2. The molecular weight excluding hydrogens is 234 g/mol. The van der Waals surface area contributed by atoms with Crippen LogP contribution in [0.2, 0.25) is 0 Å². The van der Waals surface area contributed by atoms with E-state index in [-0.39, 0.29) is 0 Å². The molecule has 2 aliphatic rings. The van der Waals surface area contributed by atoms with E-state index in [1.807, 2.05) is 0 Å². The van der Waals surface area contributed by atoms with E-state index in [4.69, 9.17) is 0 Å². The molecule has 0 bridgehead atoms. The van der Waals surface area contributed by atoms with Gasteiger partial charge in [0, 0.05) is 25.2 Å². The lowest BCUT2D eigenvalue weighted by atomic mass is 10.1. The molecule has 2 aliphatic heterocycles. The van der Waals surface area contributed by atoms with Gasteiger partial charge in [0.1, 0.15) is 0 Å². The van der Waals surface area contributed by atoms with Crippen LogP contribution in [-0.2, 0) is 0 Å². The molecule has 2 unspecified atom stereocenters. The molecule has 2 fully saturated rings. The Morgan fingerprint density at radius 1 is 1.11 bits per heavy atom. The van der Waals surface area contributed by atoms with Crippen LogP contribution in [0.3, 0.4) is 0 Å². The van der Waals surface area contributed by atoms with Gasteiger partial charge in [0.2, 0.25) is 0 Å². The summed E-state index contributed by atoms with van der Waals surface area (Å²) in [5, 5.41) is 3.73. The predicted octanol–water partition coefficient (Wildman–Crippen LogP) is 2.32. The van der Waals surface area contributed by atoms with Crippen molar-refractivity contribution in [1.82, 2.24) is 15.1 Å². The van der Waals surface area contributed by atoms with E-state index in [1.165, 1.54) is 77.8 Å². The Hall–Kier alpha value is -0.120. The lowest BCUT2D eigenvalue weighted by Crippen LogP contribution is -2.42. The van der Waals surface area contributed by atoms with Gasteiger partial charge >= 0.3 is 0 Å². The molecule has 0 aromatic rings. The molecule has 1 N–H and O–H groups in total. The minimum atomic E-state index is 0.710. The predicted molar refractivity (Wildman–Crippen MR) is 82.6 cm³/mol. The summed E-state index contributed by atoms with van der Waals surface area (Å²) in [7, 11) is 0. The van der Waals surface area contributed by atoms with Gasteiger partial charge in [-0.15, -0.1) is 0 Å². The topological polar surface area (TPSA) is 18.5 Å². The van der Waals surface area contributed by atoms with Crippen LogP contribution >= 0.6 is 0 Å². The van der Waals surface area contributed by atoms with E-state index in [2.05, 4.69) is 29.0 Å². The minimum Gasteiger partial charge on any atom is -0.313 e. The first kappa shape index (κ1) is 15.3. The maximum absolute atomic E-state index is 3.73. The second-order valence-corrected chi connectivity index (χ2v) is 6.38. The lowest BCUT2D eigenvalue weighted by molar-refractivity contribution is 0.221. The van der Waals surface area contributed by atoms with Crippen LogP contribution < -0.4 is 5.32 Å². The maximum atomic E-state index is 3.73. The van der Waals surface area contributed by atoms with Crippen molar-refractivity contribution in [2.75, 3.05) is 39.3 Å². The van der Waals surface area contributed by atoms with Crippen LogP contribution in [0.25, 0.3) is 0 Å². The highest BCUT2D eigenvalue weighted by Gasteiger charge is 2.29. The highest BCUT2D eigenvalue weighted by molar-refractivity contribution is 4.87. The molecule has 3 heteroatoms. The summed E-state index contributed by atoms with van der Waals surface area (Å²) in [5.74, 6) is 0. The standard InChI is InChI=1S/C16H33N3/c1-3-7-15(17-9-4-2)13-18-12-8-16(14-18)19-10-5-6-11-19/h15-17H,3-14H2,1-2H3. The SMILES string of the molecule is CCCNC(CCC)CN1CCC(N2CCCC2)C1. The molecule has 2 heterocycles. The number of rotatable bonds is 8. The van der Waals surface area contributed by atoms with Gasteiger partial charge in [-0.1, -0.05) is 20.3 Å². The first-order valence-electron chi connectivity index (χ1n) is 8.53. The van der Waals surface area contributed by atoms with Crippen LogP contribution in [-0.4, -0.2) is 61.2 Å². The Morgan fingerprint density at radius 3 is 2.58 bits per heavy atom. The van der Waals surface area contributed by atoms with Gasteiger partial charge in [-0.25, -0.2) is 0 Å². The third-order valence-electron chi connectivity index (χ3n) is 4.70. The van der Waals surface area contributed by atoms with Crippen LogP contribution in [0.1, 0.15) is 52.4 Å². The Kier molecular flexibility index (Phi) is 6.62. The molecule has 112 valence electrons. The largest absolute Gasteiger partial charge is 0.313 e. The number of hydrogen-bond donors (Lipinski definition) is 1. The number of nitrogens with zero attached hydrogens (tertiary/aromatic N) is 2. The van der Waals surface area contributed by atoms with Gasteiger partial charge in [0.05, 0.1) is 0 Å². The third-order valence-corrected chi connectivity index (χ3v) is 4.70. The van der Waals surface area contributed by atoms with Gasteiger partial charge in [-0.2, -0.15) is 0 Å². The summed E-state index contributed by atoms with van der Waals surface area (Å²) in [6.45, 7) is 12.3. The molecular formula is C16H33N3. The van der Waals surface area contributed by atoms with Crippen molar-refractivity contribution in [3.05, 3.63) is 0 Å². The molecule has 2 atom stereocenters. The Bertz CT molecular complexity index is 238. The molecule has 0 saturated carbocycles. The molecule has 2 rings (SSSR count). The average molecular weight is 267 g/mol. The summed E-state index contributed by atoms with van der Waals surface area (Å²) in [6.07, 6.45) is 8.11. The molecule has 0 aromatic carbocycles. The second-order valence-electron chi connectivity index (χ2n) is 6.38. The van der Waals surface area contributed by atoms with Gasteiger partial charge in [0.15, 0.2) is 0 Å². The zero-order valence-electron chi connectivity index (χ0n) is 13.0. The highest BCUT2D eigenvalue weighted by atomic mass is 15.3. The Balaban J connectivity index is 1.72. The first-order chi connectivity index (χ1) is 9.33. The third kappa shape index (κ3) is 4.73. The van der Waals surface area contributed by atoms with Crippen molar-refractivity contribution >= 4 is 0 Å². The molecule has 3 nitrogen and oxygen atoms in total. The fraction of sp³-hybridized carbons (Fsp3) is 1.00. The van der Waals surface area contributed by atoms with Crippen LogP contribution in [0.4, 0.5) is 0 Å². The van der Waals surface area contributed by atoms with E-state index in [0.717, 1.165) is 6.04 Å². The van der Waals surface area contributed by atoms with Crippen molar-refractivity contribution in [3.63, 3.8) is 0 Å². The Morgan fingerprint density at radius 2 is 1.89 bits per heavy atom. The molecule has 0 aromatic heterocycles. The van der Waals surface area contributed by atoms with Crippen LogP contribution in [0.5, 0.6) is 0 Å². The van der Waals surface area contributed by atoms with Crippen LogP contribution in [0.15, 0.2) is 0 Å². The Labute approximate surface area is 119 Å². The molecule has 0 radical (unpaired) electrons. The molecule has 2 saturated heterocycles.